The summed E-state index contributed by atoms with van der Waals surface area (Å²) in [6, 6.07) is 13.7. The summed E-state index contributed by atoms with van der Waals surface area (Å²) in [7, 11) is 1.62. The molecule has 0 saturated carbocycles. The number of ether oxygens (including phenoxy) is 2. The molecule has 0 bridgehead atoms. The van der Waals surface area contributed by atoms with Gasteiger partial charge in [0.25, 0.3) is 11.8 Å². The normalized spacial score (nSPS) is 18.0. The lowest BCUT2D eigenvalue weighted by Gasteiger charge is -2.28. The van der Waals surface area contributed by atoms with Gasteiger partial charge in [-0.15, -0.1) is 0 Å². The van der Waals surface area contributed by atoms with Gasteiger partial charge >= 0.3 is 11.8 Å². The number of alkyl halides is 2. The Labute approximate surface area is 229 Å². The second-order valence-corrected chi connectivity index (χ2v) is 10.7. The molecule has 3 aromatic rings. The molecule has 1 fully saturated rings. The zero-order chi connectivity index (χ0) is 29.2. The number of nitriles is 1. The molecule has 1 unspecified atom stereocenters. The van der Waals surface area contributed by atoms with Crippen molar-refractivity contribution in [2.45, 2.75) is 50.9 Å². The van der Waals surface area contributed by atoms with E-state index in [-0.39, 0.29) is 6.42 Å². The first-order chi connectivity index (χ1) is 18.7. The van der Waals surface area contributed by atoms with Crippen molar-refractivity contribution in [1.82, 2.24) is 14.8 Å². The van der Waals surface area contributed by atoms with E-state index in [4.69, 9.17) is 13.9 Å². The van der Waals surface area contributed by atoms with E-state index >= 15 is 0 Å². The second-order valence-electron chi connectivity index (χ2n) is 10.7. The quantitative estimate of drug-likeness (QED) is 0.509. The Hall–Kier alpha value is -4.24. The molecule has 1 aromatic heterocycles. The second kappa shape index (κ2) is 11.1. The molecule has 0 radical (unpaired) electrons. The van der Waals surface area contributed by atoms with Gasteiger partial charge in [-0.1, -0.05) is 30.3 Å². The number of nitrogens with one attached hydrogen (secondary N) is 1. The van der Waals surface area contributed by atoms with Crippen LogP contribution in [-0.2, 0) is 27.7 Å². The van der Waals surface area contributed by atoms with Crippen LogP contribution >= 0.6 is 0 Å². The highest BCUT2D eigenvalue weighted by atomic mass is 19.3. The van der Waals surface area contributed by atoms with Gasteiger partial charge in [-0.3, -0.25) is 14.3 Å². The highest BCUT2D eigenvalue weighted by molar-refractivity contribution is 5.83. The molecule has 1 aliphatic rings. The number of carbonyl (C=O) groups excluding carboxylic acids is 2. The van der Waals surface area contributed by atoms with Crippen LogP contribution in [0.3, 0.4) is 0 Å². The number of benzene rings is 2. The lowest BCUT2D eigenvalue weighted by Crippen LogP contribution is -2.49. The molecule has 1 saturated heterocycles. The molecule has 2 atom stereocenters. The van der Waals surface area contributed by atoms with Gasteiger partial charge in [0.2, 0.25) is 0 Å². The summed E-state index contributed by atoms with van der Waals surface area (Å²) < 4.78 is 45.4. The third-order valence-corrected chi connectivity index (χ3v) is 6.24. The molecule has 0 spiro atoms. The van der Waals surface area contributed by atoms with Crippen LogP contribution in [0.4, 0.5) is 13.6 Å². The van der Waals surface area contributed by atoms with Crippen LogP contribution in [0.15, 0.2) is 51.7 Å². The smallest absolute Gasteiger partial charge is 0.419 e. The van der Waals surface area contributed by atoms with Gasteiger partial charge in [-0.25, -0.2) is 18.4 Å². The Morgan fingerprint density at radius 1 is 1.20 bits per heavy atom. The minimum atomic E-state index is -3.38. The molecule has 2 heterocycles. The van der Waals surface area contributed by atoms with Gasteiger partial charge in [0.05, 0.1) is 24.7 Å². The summed E-state index contributed by atoms with van der Waals surface area (Å²) >= 11 is 0. The molecule has 40 heavy (non-hydrogen) atoms. The predicted molar refractivity (Wildman–Crippen MR) is 141 cm³/mol. The maximum absolute atomic E-state index is 14.2. The van der Waals surface area contributed by atoms with E-state index in [2.05, 4.69) is 5.32 Å². The molecular weight excluding hydrogens is 526 g/mol. The van der Waals surface area contributed by atoms with Gasteiger partial charge in [0, 0.05) is 13.5 Å². The number of fused-ring (bicyclic) bond motifs is 1. The van der Waals surface area contributed by atoms with E-state index in [1.54, 1.807) is 46.0 Å². The molecule has 12 heteroatoms. The third kappa shape index (κ3) is 6.84. The first kappa shape index (κ1) is 28.8. The number of amides is 2. The maximum Gasteiger partial charge on any atom is 0.419 e. The van der Waals surface area contributed by atoms with Crippen molar-refractivity contribution in [2.24, 2.45) is 7.05 Å². The first-order valence-electron chi connectivity index (χ1n) is 12.6. The van der Waals surface area contributed by atoms with Crippen molar-refractivity contribution in [3.8, 4) is 17.2 Å². The average molecular weight is 557 g/mol. The number of nitrogens with zero attached hydrogens (tertiary/aromatic N) is 3. The Bertz CT molecular complexity index is 1500. The Kier molecular flexibility index (Phi) is 7.98. The summed E-state index contributed by atoms with van der Waals surface area (Å²) in [6.07, 6.45) is -2.24. The van der Waals surface area contributed by atoms with Crippen LogP contribution in [0.25, 0.3) is 22.2 Å². The average Bonchev–Trinajstić information content (AvgIpc) is 3.05. The van der Waals surface area contributed by atoms with E-state index in [1.165, 1.54) is 4.57 Å². The summed E-state index contributed by atoms with van der Waals surface area (Å²) in [6.45, 7) is 2.36. The fourth-order valence-corrected chi connectivity index (χ4v) is 4.26. The first-order valence-corrected chi connectivity index (χ1v) is 12.6. The van der Waals surface area contributed by atoms with E-state index in [0.29, 0.717) is 11.1 Å². The van der Waals surface area contributed by atoms with Crippen LogP contribution in [-0.4, -0.2) is 64.8 Å². The fourth-order valence-electron chi connectivity index (χ4n) is 4.26. The minimum absolute atomic E-state index is 0.149. The SMILES string of the molecule is Cn1c(=O)oc2ccc(-c3ccc(C[C@@H](C#N)NC(=O)C4CN(C(=O)OC(C)(C)C)CC(F)(F)CO4)cc3)cc21. The number of aromatic nitrogens is 1. The van der Waals surface area contributed by atoms with Gasteiger partial charge in [0.15, 0.2) is 11.7 Å². The number of oxazole rings is 1. The lowest BCUT2D eigenvalue weighted by atomic mass is 10.0. The van der Waals surface area contributed by atoms with Crippen LogP contribution < -0.4 is 11.1 Å². The van der Waals surface area contributed by atoms with Crippen molar-refractivity contribution >= 4 is 23.1 Å². The van der Waals surface area contributed by atoms with Gasteiger partial charge in [0.1, 0.15) is 18.2 Å². The van der Waals surface area contributed by atoms with Crippen molar-refractivity contribution in [2.75, 3.05) is 19.7 Å². The molecular formula is C28H30F2N4O6. The number of aryl methyl sites for hydroxylation is 1. The van der Waals surface area contributed by atoms with Gasteiger partial charge in [-0.05, 0) is 49.6 Å². The molecule has 2 aromatic carbocycles. The largest absolute Gasteiger partial charge is 0.444 e. The highest BCUT2D eigenvalue weighted by Gasteiger charge is 2.42. The minimum Gasteiger partial charge on any atom is -0.444 e. The summed E-state index contributed by atoms with van der Waals surface area (Å²) in [5.74, 6) is -4.61. The number of hydrogen-bond acceptors (Lipinski definition) is 7. The highest BCUT2D eigenvalue weighted by Crippen LogP contribution is 2.25. The third-order valence-electron chi connectivity index (χ3n) is 6.24. The molecule has 10 nitrogen and oxygen atoms in total. The van der Waals surface area contributed by atoms with Gasteiger partial charge in [-0.2, -0.15) is 5.26 Å². The monoisotopic (exact) mass is 556 g/mol. The Morgan fingerprint density at radius 2 is 1.88 bits per heavy atom. The predicted octanol–water partition coefficient (Wildman–Crippen LogP) is 3.62. The van der Waals surface area contributed by atoms with E-state index in [1.807, 2.05) is 30.3 Å². The van der Waals surface area contributed by atoms with Crippen molar-refractivity contribution < 1.29 is 32.3 Å². The van der Waals surface area contributed by atoms with Crippen molar-refractivity contribution in [3.63, 3.8) is 0 Å². The summed E-state index contributed by atoms with van der Waals surface area (Å²) in [4.78, 5) is 37.9. The Morgan fingerprint density at radius 3 is 2.52 bits per heavy atom. The number of rotatable bonds is 5. The van der Waals surface area contributed by atoms with Crippen LogP contribution in [0.5, 0.6) is 0 Å². The van der Waals surface area contributed by atoms with E-state index in [9.17, 15) is 28.4 Å². The molecule has 212 valence electrons. The molecule has 0 aliphatic carbocycles. The van der Waals surface area contributed by atoms with Crippen LogP contribution in [0, 0.1) is 11.3 Å². The number of halogens is 2. The zero-order valence-corrected chi connectivity index (χ0v) is 22.6. The zero-order valence-electron chi connectivity index (χ0n) is 22.6. The van der Waals surface area contributed by atoms with Crippen LogP contribution in [0.2, 0.25) is 0 Å². The molecule has 1 aliphatic heterocycles. The van der Waals surface area contributed by atoms with Gasteiger partial charge < -0.3 is 19.2 Å². The van der Waals surface area contributed by atoms with E-state index in [0.717, 1.165) is 21.6 Å². The maximum atomic E-state index is 14.2. The van der Waals surface area contributed by atoms with Crippen LogP contribution in [0.1, 0.15) is 26.3 Å². The molecule has 4 rings (SSSR count). The van der Waals surface area contributed by atoms with E-state index < -0.39 is 61.1 Å². The topological polar surface area (TPSA) is 127 Å². The van der Waals surface area contributed by atoms with Crippen molar-refractivity contribution in [3.05, 3.63) is 58.6 Å². The fraction of sp³-hybridized carbons (Fsp3) is 0.429. The lowest BCUT2D eigenvalue weighted by molar-refractivity contribution is -0.137. The van der Waals surface area contributed by atoms with Crippen molar-refractivity contribution in [1.29, 1.82) is 5.26 Å². The molecule has 2 amide bonds. The standard InChI is InChI=1S/C28H30F2N4O6/c1-27(2,3)40-26(37)34-14-23(38-16-28(29,30)15-34)24(35)32-20(13-31)11-17-5-7-18(8-6-17)19-9-10-22-21(12-19)33(4)25(36)39-22/h5-10,12,20,23H,11,14-16H2,1-4H3,(H,32,35)/t20-,23?/m0/s1. The number of carbonyl (C=O) groups is 2. The molecule has 1 N–H and O–H groups in total. The number of hydrogen-bond donors (Lipinski definition) is 1. The summed E-state index contributed by atoms with van der Waals surface area (Å²) in [5.41, 5.74) is 2.70. The Balaban J connectivity index is 1.42. The summed E-state index contributed by atoms with van der Waals surface area (Å²) in [5, 5.41) is 12.2.